The van der Waals surface area contributed by atoms with Crippen molar-refractivity contribution in [3.63, 3.8) is 0 Å². The molecule has 1 N–H and O–H groups in total. The van der Waals surface area contributed by atoms with E-state index in [-0.39, 0.29) is 11.8 Å². The largest absolute Gasteiger partial charge is 0.326 e. The molecule has 1 amide bonds. The fraction of sp³-hybridized carbons (Fsp3) is 0.278. The first-order chi connectivity index (χ1) is 10.3. The summed E-state index contributed by atoms with van der Waals surface area (Å²) in [5.74, 6) is 0.771. The van der Waals surface area contributed by atoms with Crippen molar-refractivity contribution in [1.29, 1.82) is 0 Å². The Balaban J connectivity index is 1.62. The molecule has 0 atom stereocenters. The van der Waals surface area contributed by atoms with Gasteiger partial charge in [0.25, 0.3) is 0 Å². The van der Waals surface area contributed by atoms with Gasteiger partial charge in [-0.2, -0.15) is 0 Å². The normalized spacial score (nSPS) is 14.0. The molecule has 3 heteroatoms. The van der Waals surface area contributed by atoms with E-state index in [1.165, 1.54) is 16.7 Å². The molecule has 0 spiro atoms. The number of hydrogen-bond donors (Lipinski definition) is 1. The second kappa shape index (κ2) is 6.31. The van der Waals surface area contributed by atoms with Gasteiger partial charge in [0.1, 0.15) is 0 Å². The van der Waals surface area contributed by atoms with Gasteiger partial charge >= 0.3 is 0 Å². The van der Waals surface area contributed by atoms with Gasteiger partial charge in [-0.3, -0.25) is 4.79 Å². The van der Waals surface area contributed by atoms with E-state index in [4.69, 9.17) is 11.6 Å². The summed E-state index contributed by atoms with van der Waals surface area (Å²) >= 11 is 5.72. The number of anilines is 1. The zero-order valence-corrected chi connectivity index (χ0v) is 12.6. The molecule has 2 aromatic rings. The van der Waals surface area contributed by atoms with E-state index in [1.807, 2.05) is 36.4 Å². The van der Waals surface area contributed by atoms with E-state index >= 15 is 0 Å². The molecule has 0 saturated carbocycles. The minimum Gasteiger partial charge on any atom is -0.326 e. The van der Waals surface area contributed by atoms with Crippen molar-refractivity contribution >= 4 is 23.2 Å². The summed E-state index contributed by atoms with van der Waals surface area (Å²) in [6.07, 6.45) is 2.53. The number of rotatable bonds is 4. The van der Waals surface area contributed by atoms with Crippen molar-refractivity contribution in [1.82, 2.24) is 0 Å². The molecular weight excluding hydrogens is 282 g/mol. The van der Waals surface area contributed by atoms with Crippen LogP contribution in [0.2, 0.25) is 0 Å². The molecule has 0 aliphatic heterocycles. The Hall–Kier alpha value is -1.80. The first-order valence-electron chi connectivity index (χ1n) is 7.29. The zero-order chi connectivity index (χ0) is 14.7. The van der Waals surface area contributed by atoms with Gasteiger partial charge in [0, 0.05) is 17.5 Å². The molecule has 0 unspecified atom stereocenters. The van der Waals surface area contributed by atoms with Gasteiger partial charge in [0.05, 0.1) is 0 Å². The van der Waals surface area contributed by atoms with Crippen molar-refractivity contribution in [2.24, 2.45) is 5.92 Å². The van der Waals surface area contributed by atoms with Crippen LogP contribution in [-0.2, 0) is 24.1 Å². The van der Waals surface area contributed by atoms with Crippen LogP contribution in [0.5, 0.6) is 0 Å². The summed E-state index contributed by atoms with van der Waals surface area (Å²) < 4.78 is 0. The average molecular weight is 300 g/mol. The van der Waals surface area contributed by atoms with E-state index in [9.17, 15) is 4.79 Å². The number of alkyl halides is 1. The third-order valence-corrected chi connectivity index (χ3v) is 4.22. The van der Waals surface area contributed by atoms with Crippen molar-refractivity contribution in [3.05, 3.63) is 65.2 Å². The Morgan fingerprint density at radius 1 is 1.05 bits per heavy atom. The lowest BCUT2D eigenvalue weighted by Crippen LogP contribution is -2.23. The van der Waals surface area contributed by atoms with E-state index in [0.29, 0.717) is 5.88 Å². The fourth-order valence-electron chi connectivity index (χ4n) is 2.85. The van der Waals surface area contributed by atoms with Crippen LogP contribution in [-0.4, -0.2) is 11.8 Å². The summed E-state index contributed by atoms with van der Waals surface area (Å²) in [6.45, 7) is 0. The van der Waals surface area contributed by atoms with E-state index < -0.39 is 0 Å². The van der Waals surface area contributed by atoms with Gasteiger partial charge in [-0.1, -0.05) is 36.4 Å². The van der Waals surface area contributed by atoms with Crippen LogP contribution < -0.4 is 5.32 Å². The highest BCUT2D eigenvalue weighted by molar-refractivity contribution is 6.18. The number of carbonyl (C=O) groups is 1. The second-order valence-electron chi connectivity index (χ2n) is 5.50. The molecule has 0 saturated heterocycles. The molecule has 2 nitrogen and oxygen atoms in total. The Labute approximate surface area is 130 Å². The number of hydrogen-bond acceptors (Lipinski definition) is 1. The quantitative estimate of drug-likeness (QED) is 0.854. The first kappa shape index (κ1) is 14.2. The van der Waals surface area contributed by atoms with Gasteiger partial charge in [-0.05, 0) is 48.1 Å². The van der Waals surface area contributed by atoms with Crippen LogP contribution in [0.3, 0.4) is 0 Å². The average Bonchev–Trinajstić information content (AvgIpc) is 2.94. The Kier molecular flexibility index (Phi) is 4.26. The molecule has 3 rings (SSSR count). The number of amides is 1. The molecule has 1 aliphatic carbocycles. The van der Waals surface area contributed by atoms with Crippen molar-refractivity contribution in [3.8, 4) is 0 Å². The second-order valence-corrected chi connectivity index (χ2v) is 5.88. The van der Waals surface area contributed by atoms with Gasteiger partial charge in [-0.25, -0.2) is 0 Å². The highest BCUT2D eigenvalue weighted by atomic mass is 35.5. The number of halogens is 1. The predicted octanol–water partition coefficient (Wildman–Crippen LogP) is 3.82. The van der Waals surface area contributed by atoms with Crippen LogP contribution in [0.1, 0.15) is 16.7 Å². The molecule has 0 fully saturated rings. The van der Waals surface area contributed by atoms with Gasteiger partial charge in [0.2, 0.25) is 5.91 Å². The maximum absolute atomic E-state index is 12.4. The summed E-state index contributed by atoms with van der Waals surface area (Å²) in [4.78, 5) is 12.4. The molecule has 0 aromatic heterocycles. The van der Waals surface area contributed by atoms with Gasteiger partial charge in [0.15, 0.2) is 0 Å². The van der Waals surface area contributed by atoms with E-state index in [0.717, 1.165) is 24.9 Å². The van der Waals surface area contributed by atoms with Crippen molar-refractivity contribution in [2.75, 3.05) is 11.2 Å². The smallest absolute Gasteiger partial charge is 0.228 e. The Morgan fingerprint density at radius 2 is 1.67 bits per heavy atom. The first-order valence-corrected chi connectivity index (χ1v) is 7.82. The van der Waals surface area contributed by atoms with Crippen LogP contribution in [0.25, 0.3) is 0 Å². The predicted molar refractivity (Wildman–Crippen MR) is 86.8 cm³/mol. The van der Waals surface area contributed by atoms with Crippen LogP contribution in [0.4, 0.5) is 5.69 Å². The Morgan fingerprint density at radius 3 is 2.24 bits per heavy atom. The third kappa shape index (κ3) is 3.27. The molecule has 21 heavy (non-hydrogen) atoms. The summed E-state index contributed by atoms with van der Waals surface area (Å²) in [5.41, 5.74) is 4.65. The van der Waals surface area contributed by atoms with E-state index in [1.54, 1.807) is 0 Å². The minimum absolute atomic E-state index is 0.0462. The number of carbonyl (C=O) groups excluding carboxylic acids is 1. The number of aryl methyl sites for hydroxylation is 1. The standard InChI is InChI=1S/C18H18ClNO/c19-10-9-13-5-7-17(8-6-13)20-18(21)16-11-14-3-1-2-4-15(14)12-16/h1-8,16H,9-12H2,(H,20,21). The summed E-state index contributed by atoms with van der Waals surface area (Å²) in [6, 6.07) is 16.2. The lowest BCUT2D eigenvalue weighted by atomic mass is 10.1. The maximum atomic E-state index is 12.4. The molecule has 0 radical (unpaired) electrons. The molecule has 0 heterocycles. The maximum Gasteiger partial charge on any atom is 0.228 e. The number of nitrogens with one attached hydrogen (secondary N) is 1. The number of fused-ring (bicyclic) bond motifs is 1. The lowest BCUT2D eigenvalue weighted by molar-refractivity contribution is -0.119. The van der Waals surface area contributed by atoms with Crippen molar-refractivity contribution in [2.45, 2.75) is 19.3 Å². The topological polar surface area (TPSA) is 29.1 Å². The highest BCUT2D eigenvalue weighted by Gasteiger charge is 2.26. The van der Waals surface area contributed by atoms with Gasteiger partial charge < -0.3 is 5.32 Å². The minimum atomic E-state index is 0.0462. The van der Waals surface area contributed by atoms with Crippen LogP contribution in [0.15, 0.2) is 48.5 Å². The monoisotopic (exact) mass is 299 g/mol. The van der Waals surface area contributed by atoms with E-state index in [2.05, 4.69) is 17.4 Å². The fourth-order valence-corrected chi connectivity index (χ4v) is 3.07. The summed E-state index contributed by atoms with van der Waals surface area (Å²) in [7, 11) is 0. The van der Waals surface area contributed by atoms with Gasteiger partial charge in [-0.15, -0.1) is 11.6 Å². The Bertz CT molecular complexity index is 611. The summed E-state index contributed by atoms with van der Waals surface area (Å²) in [5, 5.41) is 3.02. The molecule has 1 aliphatic rings. The third-order valence-electron chi connectivity index (χ3n) is 4.03. The van der Waals surface area contributed by atoms with Crippen molar-refractivity contribution < 1.29 is 4.79 Å². The SMILES string of the molecule is O=C(Nc1ccc(CCCl)cc1)C1Cc2ccccc2C1. The molecule has 108 valence electrons. The highest BCUT2D eigenvalue weighted by Crippen LogP contribution is 2.27. The number of benzene rings is 2. The molecule has 0 bridgehead atoms. The molecular formula is C18H18ClNO. The lowest BCUT2D eigenvalue weighted by Gasteiger charge is -2.11. The zero-order valence-electron chi connectivity index (χ0n) is 11.8. The molecule has 2 aromatic carbocycles. The van der Waals surface area contributed by atoms with Crippen LogP contribution in [0, 0.1) is 5.92 Å². The van der Waals surface area contributed by atoms with Crippen LogP contribution >= 0.6 is 11.6 Å².